The van der Waals surface area contributed by atoms with Crippen LogP contribution in [0.4, 0.5) is 13.2 Å². The predicted octanol–water partition coefficient (Wildman–Crippen LogP) is 5.83. The summed E-state index contributed by atoms with van der Waals surface area (Å²) in [5.41, 5.74) is 1.89. The minimum atomic E-state index is -4.45. The number of Topliss-reactive ketones (excluding diaryl/α,β-unsaturated/α-hetero) is 1. The van der Waals surface area contributed by atoms with E-state index in [4.69, 9.17) is 5.10 Å². The lowest BCUT2D eigenvalue weighted by atomic mass is 9.75. The number of halogens is 3. The van der Waals surface area contributed by atoms with Crippen LogP contribution in [0, 0.1) is 5.41 Å². The Morgan fingerprint density at radius 1 is 1.22 bits per heavy atom. The van der Waals surface area contributed by atoms with Gasteiger partial charge in [0.25, 0.3) is 5.91 Å². The first-order chi connectivity index (χ1) is 17.4. The van der Waals surface area contributed by atoms with Crippen molar-refractivity contribution in [3.63, 3.8) is 0 Å². The topological polar surface area (TPSA) is 68.1 Å². The van der Waals surface area contributed by atoms with Gasteiger partial charge in [0.1, 0.15) is 0 Å². The van der Waals surface area contributed by atoms with Crippen LogP contribution in [-0.2, 0) is 25.6 Å². The zero-order chi connectivity index (χ0) is 27.0. The Balaban J connectivity index is 1.58. The molecule has 1 aliphatic rings. The molecule has 2 heterocycles. The standard InChI is InChI=1S/C28H29F3N4O2/c1-5-6-10-21-25-22(14-27(2,3)15-23(25)36)35(33-21)24-12-11-19(16-32-24)26(37)34(4)17-18-8-7-9-20(13-18)28(29,30)31/h5,7-9,11-13,16H,1,6,10,14-15,17H2,2-4H3. The van der Waals surface area contributed by atoms with E-state index < -0.39 is 11.7 Å². The van der Waals surface area contributed by atoms with Crippen molar-refractivity contribution in [1.82, 2.24) is 19.7 Å². The summed E-state index contributed by atoms with van der Waals surface area (Å²) in [6.07, 6.45) is 1.17. The number of allylic oxidation sites excluding steroid dienone is 1. The van der Waals surface area contributed by atoms with Crippen LogP contribution >= 0.6 is 0 Å². The summed E-state index contributed by atoms with van der Waals surface area (Å²) < 4.78 is 40.7. The maximum Gasteiger partial charge on any atom is 0.416 e. The second-order valence-corrected chi connectivity index (χ2v) is 10.2. The molecule has 0 fully saturated rings. The van der Waals surface area contributed by atoms with Crippen molar-refractivity contribution in [2.75, 3.05) is 7.05 Å². The molecule has 1 aliphatic carbocycles. The number of aromatic nitrogens is 3. The van der Waals surface area contributed by atoms with Gasteiger partial charge in [0, 0.05) is 26.2 Å². The third kappa shape index (κ3) is 5.65. The Labute approximate surface area is 213 Å². The molecule has 0 atom stereocenters. The molecule has 9 heteroatoms. The minimum absolute atomic E-state index is 0.0149. The van der Waals surface area contributed by atoms with E-state index in [2.05, 4.69) is 11.6 Å². The van der Waals surface area contributed by atoms with Gasteiger partial charge in [-0.25, -0.2) is 9.67 Å². The number of benzene rings is 1. The average molecular weight is 511 g/mol. The van der Waals surface area contributed by atoms with Gasteiger partial charge in [-0.2, -0.15) is 18.3 Å². The van der Waals surface area contributed by atoms with Crippen LogP contribution < -0.4 is 0 Å². The molecule has 0 aliphatic heterocycles. The van der Waals surface area contributed by atoms with E-state index in [1.54, 1.807) is 29.0 Å². The number of rotatable bonds is 7. The fourth-order valence-electron chi connectivity index (χ4n) is 4.68. The van der Waals surface area contributed by atoms with Gasteiger partial charge in [0.15, 0.2) is 11.6 Å². The van der Waals surface area contributed by atoms with Gasteiger partial charge >= 0.3 is 6.18 Å². The van der Waals surface area contributed by atoms with Gasteiger partial charge in [-0.15, -0.1) is 6.58 Å². The van der Waals surface area contributed by atoms with Crippen LogP contribution in [0.1, 0.15) is 69.9 Å². The van der Waals surface area contributed by atoms with Gasteiger partial charge < -0.3 is 4.90 Å². The van der Waals surface area contributed by atoms with Gasteiger partial charge in [-0.05, 0) is 54.5 Å². The number of amides is 1. The van der Waals surface area contributed by atoms with Crippen molar-refractivity contribution in [2.24, 2.45) is 5.41 Å². The summed E-state index contributed by atoms with van der Waals surface area (Å²) in [7, 11) is 1.53. The summed E-state index contributed by atoms with van der Waals surface area (Å²) in [6.45, 7) is 7.87. The Bertz CT molecular complexity index is 1340. The molecule has 6 nitrogen and oxygen atoms in total. The maximum absolute atomic E-state index is 13.0. The number of aryl methyl sites for hydroxylation is 1. The number of pyridine rings is 1. The quantitative estimate of drug-likeness (QED) is 0.375. The van der Waals surface area contributed by atoms with Crippen molar-refractivity contribution in [3.8, 4) is 5.82 Å². The lowest BCUT2D eigenvalue weighted by Crippen LogP contribution is -2.28. The number of nitrogens with zero attached hydrogens (tertiary/aromatic N) is 4. The smallest absolute Gasteiger partial charge is 0.337 e. The second-order valence-electron chi connectivity index (χ2n) is 10.2. The number of carbonyl (C=O) groups excluding carboxylic acids is 2. The fourth-order valence-corrected chi connectivity index (χ4v) is 4.68. The molecule has 3 aromatic rings. The van der Waals surface area contributed by atoms with Gasteiger partial charge in [0.05, 0.1) is 28.1 Å². The minimum Gasteiger partial charge on any atom is -0.337 e. The molecular weight excluding hydrogens is 481 g/mol. The Hall–Kier alpha value is -3.75. The van der Waals surface area contributed by atoms with Crippen LogP contribution in [0.25, 0.3) is 5.82 Å². The van der Waals surface area contributed by atoms with Crippen LogP contribution in [0.3, 0.4) is 0 Å². The van der Waals surface area contributed by atoms with Gasteiger partial charge in [0.2, 0.25) is 0 Å². The fraction of sp³-hybridized carbons (Fsp3) is 0.357. The number of carbonyl (C=O) groups is 2. The summed E-state index contributed by atoms with van der Waals surface area (Å²) in [5, 5.41) is 4.71. The highest BCUT2D eigenvalue weighted by Gasteiger charge is 2.36. The average Bonchev–Trinajstić information content (AvgIpc) is 3.19. The molecule has 0 radical (unpaired) electrons. The van der Waals surface area contributed by atoms with Crippen molar-refractivity contribution in [3.05, 3.63) is 88.9 Å². The Morgan fingerprint density at radius 2 is 1.97 bits per heavy atom. The molecule has 37 heavy (non-hydrogen) atoms. The van der Waals surface area contributed by atoms with Crippen molar-refractivity contribution < 1.29 is 22.8 Å². The third-order valence-electron chi connectivity index (χ3n) is 6.44. The molecule has 0 bridgehead atoms. The van der Waals surface area contributed by atoms with Crippen molar-refractivity contribution in [2.45, 2.75) is 52.3 Å². The van der Waals surface area contributed by atoms with Gasteiger partial charge in [-0.1, -0.05) is 32.1 Å². The number of ketones is 1. The number of alkyl halides is 3. The second kappa shape index (κ2) is 9.95. The third-order valence-corrected chi connectivity index (χ3v) is 6.44. The van der Waals surface area contributed by atoms with Crippen molar-refractivity contribution >= 4 is 11.7 Å². The zero-order valence-electron chi connectivity index (χ0n) is 21.1. The number of hydrogen-bond acceptors (Lipinski definition) is 4. The van der Waals surface area contributed by atoms with E-state index in [1.807, 2.05) is 13.8 Å². The van der Waals surface area contributed by atoms with E-state index >= 15 is 0 Å². The number of hydrogen-bond donors (Lipinski definition) is 0. The van der Waals surface area contributed by atoms with Crippen LogP contribution in [0.2, 0.25) is 0 Å². The first-order valence-electron chi connectivity index (χ1n) is 12.0. The first kappa shape index (κ1) is 26.3. The highest BCUT2D eigenvalue weighted by atomic mass is 19.4. The van der Waals surface area contributed by atoms with Crippen LogP contribution in [0.5, 0.6) is 0 Å². The zero-order valence-corrected chi connectivity index (χ0v) is 21.1. The molecular formula is C28H29F3N4O2. The normalized spacial score (nSPS) is 14.8. The maximum atomic E-state index is 13.0. The monoisotopic (exact) mass is 510 g/mol. The molecule has 1 amide bonds. The van der Waals surface area contributed by atoms with Gasteiger partial charge in [-0.3, -0.25) is 9.59 Å². The lowest BCUT2D eigenvalue weighted by molar-refractivity contribution is -0.137. The molecule has 4 rings (SSSR count). The SMILES string of the molecule is C=CCCc1nn(-c2ccc(C(=O)N(C)Cc3cccc(C(F)(F)F)c3)cn2)c2c1C(=O)CC(C)(C)C2. The van der Waals surface area contributed by atoms with E-state index in [0.717, 1.165) is 23.5 Å². The summed E-state index contributed by atoms with van der Waals surface area (Å²) in [6, 6.07) is 8.20. The summed E-state index contributed by atoms with van der Waals surface area (Å²) >= 11 is 0. The lowest BCUT2D eigenvalue weighted by Gasteiger charge is -2.29. The molecule has 0 saturated carbocycles. The molecule has 0 N–H and O–H groups in total. The molecule has 0 saturated heterocycles. The van der Waals surface area contributed by atoms with Crippen LogP contribution in [-0.4, -0.2) is 38.4 Å². The molecule has 1 aromatic carbocycles. The van der Waals surface area contributed by atoms with Crippen molar-refractivity contribution in [1.29, 1.82) is 0 Å². The Kier molecular flexibility index (Phi) is 7.08. The van der Waals surface area contributed by atoms with E-state index in [1.165, 1.54) is 24.2 Å². The molecule has 0 spiro atoms. The summed E-state index contributed by atoms with van der Waals surface area (Å²) in [4.78, 5) is 31.7. The van der Waals surface area contributed by atoms with Crippen LogP contribution in [0.15, 0.2) is 55.3 Å². The highest BCUT2D eigenvalue weighted by Crippen LogP contribution is 2.37. The molecule has 0 unspecified atom stereocenters. The predicted molar refractivity (Wildman–Crippen MR) is 134 cm³/mol. The molecule has 2 aromatic heterocycles. The first-order valence-corrected chi connectivity index (χ1v) is 12.0. The largest absolute Gasteiger partial charge is 0.416 e. The van der Waals surface area contributed by atoms with E-state index in [9.17, 15) is 22.8 Å². The highest BCUT2D eigenvalue weighted by molar-refractivity contribution is 6.00. The Morgan fingerprint density at radius 3 is 2.62 bits per heavy atom. The van der Waals surface area contributed by atoms with E-state index in [-0.39, 0.29) is 23.7 Å². The van der Waals surface area contributed by atoms with E-state index in [0.29, 0.717) is 48.2 Å². The number of fused-ring (bicyclic) bond motifs is 1. The molecule has 194 valence electrons. The summed E-state index contributed by atoms with van der Waals surface area (Å²) in [5.74, 6) is 0.185.